The molecule has 0 bridgehead atoms. The highest BCUT2D eigenvalue weighted by atomic mass is 16.4. The van der Waals surface area contributed by atoms with Gasteiger partial charge in [-0.2, -0.15) is 0 Å². The van der Waals surface area contributed by atoms with Crippen molar-refractivity contribution in [2.45, 2.75) is 44.9 Å². The molecule has 0 aliphatic heterocycles. The molecule has 1 aromatic rings. The van der Waals surface area contributed by atoms with Crippen LogP contribution in [0.2, 0.25) is 0 Å². The zero-order chi connectivity index (χ0) is 12.3. The number of benzene rings is 1. The van der Waals surface area contributed by atoms with Crippen molar-refractivity contribution < 1.29 is 9.90 Å². The minimum atomic E-state index is -0.676. The summed E-state index contributed by atoms with van der Waals surface area (Å²) in [6.45, 7) is 2.08. The Bertz CT molecular complexity index is 392. The molecular formula is C15H20O2. The van der Waals surface area contributed by atoms with Gasteiger partial charge in [-0.25, -0.2) is 0 Å². The second-order valence-electron chi connectivity index (χ2n) is 5.11. The van der Waals surface area contributed by atoms with Crippen LogP contribution in [-0.4, -0.2) is 11.1 Å². The van der Waals surface area contributed by atoms with Crippen molar-refractivity contribution in [3.8, 4) is 0 Å². The molecule has 92 valence electrons. The largest absolute Gasteiger partial charge is 0.481 e. The number of carboxylic acid groups (broad SMARTS) is 1. The summed E-state index contributed by atoms with van der Waals surface area (Å²) in [6.07, 6.45) is 5.16. The Hall–Kier alpha value is -1.31. The summed E-state index contributed by atoms with van der Waals surface area (Å²) in [5.41, 5.74) is 2.47. The van der Waals surface area contributed by atoms with Gasteiger partial charge < -0.3 is 5.11 Å². The van der Waals surface area contributed by atoms with Gasteiger partial charge in [0, 0.05) is 0 Å². The van der Waals surface area contributed by atoms with Crippen molar-refractivity contribution in [3.05, 3.63) is 35.4 Å². The van der Waals surface area contributed by atoms with E-state index in [-0.39, 0.29) is 12.3 Å². The number of carbonyl (C=O) groups is 1. The monoisotopic (exact) mass is 232 g/mol. The maximum Gasteiger partial charge on any atom is 0.303 e. The van der Waals surface area contributed by atoms with Crippen molar-refractivity contribution >= 4 is 5.97 Å². The van der Waals surface area contributed by atoms with Gasteiger partial charge in [-0.1, -0.05) is 37.1 Å². The molecule has 1 fully saturated rings. The highest BCUT2D eigenvalue weighted by molar-refractivity contribution is 5.68. The number of hydrogen-bond donors (Lipinski definition) is 1. The molecule has 2 heteroatoms. The van der Waals surface area contributed by atoms with Crippen molar-refractivity contribution in [2.75, 3.05) is 0 Å². The molecule has 0 heterocycles. The number of hydrogen-bond acceptors (Lipinski definition) is 1. The molecule has 0 saturated heterocycles. The summed E-state index contributed by atoms with van der Waals surface area (Å²) in [5.74, 6) is 0.0913. The number of rotatable bonds is 4. The lowest BCUT2D eigenvalue weighted by molar-refractivity contribution is -0.137. The summed E-state index contributed by atoms with van der Waals surface area (Å²) < 4.78 is 0. The van der Waals surface area contributed by atoms with Gasteiger partial charge in [0.15, 0.2) is 0 Å². The maximum absolute atomic E-state index is 11.1. The van der Waals surface area contributed by atoms with Crippen LogP contribution in [0.5, 0.6) is 0 Å². The van der Waals surface area contributed by atoms with Crippen molar-refractivity contribution in [2.24, 2.45) is 5.92 Å². The second kappa shape index (κ2) is 5.35. The number of aryl methyl sites for hydroxylation is 1. The highest BCUT2D eigenvalue weighted by Crippen LogP contribution is 2.40. The zero-order valence-corrected chi connectivity index (χ0v) is 10.4. The van der Waals surface area contributed by atoms with E-state index in [2.05, 4.69) is 19.1 Å². The fraction of sp³-hybridized carbons (Fsp3) is 0.533. The SMILES string of the molecule is Cc1ccccc1C(CC(=O)O)C1CCCC1. The van der Waals surface area contributed by atoms with Gasteiger partial charge in [0.2, 0.25) is 0 Å². The molecule has 1 aromatic carbocycles. The fourth-order valence-corrected chi connectivity index (χ4v) is 3.08. The minimum Gasteiger partial charge on any atom is -0.481 e. The first-order valence-corrected chi connectivity index (χ1v) is 6.46. The molecule has 0 aromatic heterocycles. The molecule has 1 aliphatic rings. The minimum absolute atomic E-state index is 0.205. The molecule has 1 atom stereocenters. The van der Waals surface area contributed by atoms with Crippen LogP contribution in [0.3, 0.4) is 0 Å². The molecular weight excluding hydrogens is 212 g/mol. The smallest absolute Gasteiger partial charge is 0.303 e. The molecule has 0 spiro atoms. The summed E-state index contributed by atoms with van der Waals surface area (Å²) in [5, 5.41) is 9.10. The Morgan fingerprint density at radius 3 is 2.59 bits per heavy atom. The van der Waals surface area contributed by atoms with Crippen molar-refractivity contribution in [3.63, 3.8) is 0 Å². The van der Waals surface area contributed by atoms with Gasteiger partial charge in [-0.05, 0) is 42.7 Å². The highest BCUT2D eigenvalue weighted by Gasteiger charge is 2.28. The van der Waals surface area contributed by atoms with Gasteiger partial charge in [0.1, 0.15) is 0 Å². The van der Waals surface area contributed by atoms with Crippen LogP contribution >= 0.6 is 0 Å². The summed E-state index contributed by atoms with van der Waals surface area (Å²) in [4.78, 5) is 11.1. The van der Waals surface area contributed by atoms with Gasteiger partial charge in [0.05, 0.1) is 6.42 Å². The predicted octanol–water partition coefficient (Wildman–Crippen LogP) is 3.74. The Balaban J connectivity index is 2.25. The summed E-state index contributed by atoms with van der Waals surface area (Å²) >= 11 is 0. The Kier molecular flexibility index (Phi) is 3.82. The third-order valence-electron chi connectivity index (χ3n) is 3.95. The molecule has 1 saturated carbocycles. The normalized spacial score (nSPS) is 18.2. The Morgan fingerprint density at radius 2 is 2.00 bits per heavy atom. The van der Waals surface area contributed by atoms with Crippen LogP contribution in [0.15, 0.2) is 24.3 Å². The average Bonchev–Trinajstić information content (AvgIpc) is 2.80. The third-order valence-corrected chi connectivity index (χ3v) is 3.95. The van der Waals surface area contributed by atoms with Crippen LogP contribution in [0.1, 0.15) is 49.1 Å². The van der Waals surface area contributed by atoms with Crippen LogP contribution in [0.4, 0.5) is 0 Å². The number of carboxylic acids is 1. The van der Waals surface area contributed by atoms with E-state index in [1.807, 2.05) is 12.1 Å². The van der Waals surface area contributed by atoms with Crippen LogP contribution in [-0.2, 0) is 4.79 Å². The molecule has 1 N–H and O–H groups in total. The standard InChI is InChI=1S/C15H20O2/c1-11-6-2-5-9-13(11)14(10-15(16)17)12-7-3-4-8-12/h2,5-6,9,12,14H,3-4,7-8,10H2,1H3,(H,16,17). The van der Waals surface area contributed by atoms with E-state index in [4.69, 9.17) is 5.11 Å². The van der Waals surface area contributed by atoms with E-state index < -0.39 is 5.97 Å². The van der Waals surface area contributed by atoms with Crippen molar-refractivity contribution in [1.29, 1.82) is 0 Å². The lowest BCUT2D eigenvalue weighted by Gasteiger charge is -2.23. The zero-order valence-electron chi connectivity index (χ0n) is 10.4. The quantitative estimate of drug-likeness (QED) is 0.858. The molecule has 0 amide bonds. The van der Waals surface area contributed by atoms with E-state index in [0.717, 1.165) is 0 Å². The van der Waals surface area contributed by atoms with Crippen molar-refractivity contribution in [1.82, 2.24) is 0 Å². The maximum atomic E-state index is 11.1. The van der Waals surface area contributed by atoms with E-state index >= 15 is 0 Å². The van der Waals surface area contributed by atoms with E-state index in [1.54, 1.807) is 0 Å². The topological polar surface area (TPSA) is 37.3 Å². The van der Waals surface area contributed by atoms with Gasteiger partial charge in [-0.3, -0.25) is 4.79 Å². The van der Waals surface area contributed by atoms with E-state index in [9.17, 15) is 4.79 Å². The first-order valence-electron chi connectivity index (χ1n) is 6.46. The van der Waals surface area contributed by atoms with Gasteiger partial charge in [-0.15, -0.1) is 0 Å². The molecule has 2 nitrogen and oxygen atoms in total. The summed E-state index contributed by atoms with van der Waals surface area (Å²) in [6, 6.07) is 8.22. The van der Waals surface area contributed by atoms with E-state index in [1.165, 1.54) is 36.8 Å². The van der Waals surface area contributed by atoms with Crippen LogP contribution < -0.4 is 0 Å². The van der Waals surface area contributed by atoms with E-state index in [0.29, 0.717) is 5.92 Å². The predicted molar refractivity (Wildman–Crippen MR) is 68.1 cm³/mol. The average molecular weight is 232 g/mol. The molecule has 1 unspecified atom stereocenters. The lowest BCUT2D eigenvalue weighted by atomic mass is 9.81. The van der Waals surface area contributed by atoms with Crippen LogP contribution in [0.25, 0.3) is 0 Å². The fourth-order valence-electron chi connectivity index (χ4n) is 3.08. The van der Waals surface area contributed by atoms with Gasteiger partial charge >= 0.3 is 5.97 Å². The lowest BCUT2D eigenvalue weighted by Crippen LogP contribution is -2.15. The first kappa shape index (κ1) is 12.2. The van der Waals surface area contributed by atoms with Crippen LogP contribution in [0, 0.1) is 12.8 Å². The molecule has 17 heavy (non-hydrogen) atoms. The third kappa shape index (κ3) is 2.87. The van der Waals surface area contributed by atoms with Gasteiger partial charge in [0.25, 0.3) is 0 Å². The molecule has 1 aliphatic carbocycles. The molecule has 2 rings (SSSR count). The summed E-state index contributed by atoms with van der Waals surface area (Å²) in [7, 11) is 0. The Morgan fingerprint density at radius 1 is 1.35 bits per heavy atom. The molecule has 0 radical (unpaired) electrons. The number of aliphatic carboxylic acids is 1. The Labute approximate surface area is 103 Å². The first-order chi connectivity index (χ1) is 8.18. The second-order valence-corrected chi connectivity index (χ2v) is 5.11.